The van der Waals surface area contributed by atoms with Crippen LogP contribution < -0.4 is 33.6 Å². The van der Waals surface area contributed by atoms with Gasteiger partial charge in [0.15, 0.2) is 11.6 Å². The summed E-state index contributed by atoms with van der Waals surface area (Å²) in [6.45, 7) is 10.7. The van der Waals surface area contributed by atoms with Gasteiger partial charge in [-0.3, -0.25) is 19.2 Å². The topological polar surface area (TPSA) is 258 Å². The predicted octanol–water partition coefficient (Wildman–Crippen LogP) is 8.16. The molecular formula is C54H72N12O4. The SMILES string of the molecule is CCCCc1nc2c(N)nc3ccccc3c2n1CCCCNC(=O)CCC(CC)C(N)=O.CCCCc1nc2c(N)nc3ccccc3c2n1Cc1ccc(CNC(=O)CCC(CC)C(N)=O)cc1. The smallest absolute Gasteiger partial charge is 0.220 e. The summed E-state index contributed by atoms with van der Waals surface area (Å²) < 4.78 is 4.55. The summed E-state index contributed by atoms with van der Waals surface area (Å²) in [5, 5.41) is 8.00. The molecule has 0 radical (unpaired) electrons. The number of aryl methyl sites for hydroxylation is 3. The maximum Gasteiger partial charge on any atom is 0.220 e. The molecule has 16 heteroatoms. The van der Waals surface area contributed by atoms with Gasteiger partial charge in [0.2, 0.25) is 23.6 Å². The number of nitrogens with one attached hydrogen (secondary N) is 2. The molecule has 0 aliphatic rings. The fourth-order valence-corrected chi connectivity index (χ4v) is 8.92. The summed E-state index contributed by atoms with van der Waals surface area (Å²) in [7, 11) is 0. The third-order valence-corrected chi connectivity index (χ3v) is 13.1. The van der Waals surface area contributed by atoms with Crippen LogP contribution in [0.1, 0.15) is 128 Å². The van der Waals surface area contributed by atoms with Crippen molar-refractivity contribution < 1.29 is 19.2 Å². The van der Waals surface area contributed by atoms with Crippen LogP contribution >= 0.6 is 0 Å². The van der Waals surface area contributed by atoms with Gasteiger partial charge in [-0.05, 0) is 74.6 Å². The summed E-state index contributed by atoms with van der Waals surface area (Å²) in [4.78, 5) is 65.9. The lowest BCUT2D eigenvalue weighted by atomic mass is 9.99. The van der Waals surface area contributed by atoms with Crippen LogP contribution in [0, 0.1) is 11.8 Å². The molecule has 0 aliphatic carbocycles. The summed E-state index contributed by atoms with van der Waals surface area (Å²) in [5.74, 6) is 1.70. The van der Waals surface area contributed by atoms with Crippen molar-refractivity contribution in [2.45, 2.75) is 137 Å². The van der Waals surface area contributed by atoms with E-state index in [0.29, 0.717) is 69.8 Å². The number of fused-ring (bicyclic) bond motifs is 6. The van der Waals surface area contributed by atoms with Gasteiger partial charge in [-0.25, -0.2) is 19.9 Å². The Labute approximate surface area is 410 Å². The van der Waals surface area contributed by atoms with E-state index in [2.05, 4.69) is 67.8 Å². The minimum atomic E-state index is -0.346. The van der Waals surface area contributed by atoms with Crippen LogP contribution in [0.3, 0.4) is 0 Å². The molecule has 16 nitrogen and oxygen atoms in total. The molecule has 0 fully saturated rings. The molecular weight excluding hydrogens is 881 g/mol. The first-order valence-electron chi connectivity index (χ1n) is 25.1. The predicted molar refractivity (Wildman–Crippen MR) is 280 cm³/mol. The number of carbonyl (C=O) groups excluding carboxylic acids is 4. The van der Waals surface area contributed by atoms with Gasteiger partial charge in [0.25, 0.3) is 0 Å². The molecule has 2 unspecified atom stereocenters. The Bertz CT molecular complexity index is 2890. The molecule has 70 heavy (non-hydrogen) atoms. The zero-order chi connectivity index (χ0) is 50.2. The van der Waals surface area contributed by atoms with Gasteiger partial charge in [-0.1, -0.05) is 101 Å². The van der Waals surface area contributed by atoms with Crippen LogP contribution in [-0.2, 0) is 51.7 Å². The average molecular weight is 953 g/mol. The maximum absolute atomic E-state index is 12.2. The zero-order valence-electron chi connectivity index (χ0n) is 41.4. The molecule has 0 bridgehead atoms. The van der Waals surface area contributed by atoms with Crippen molar-refractivity contribution in [1.29, 1.82) is 0 Å². The lowest BCUT2D eigenvalue weighted by molar-refractivity contribution is -0.125. The van der Waals surface area contributed by atoms with Crippen LogP contribution in [0.2, 0.25) is 0 Å². The third-order valence-electron chi connectivity index (χ3n) is 13.1. The molecule has 2 atom stereocenters. The van der Waals surface area contributed by atoms with Crippen molar-refractivity contribution in [3.63, 3.8) is 0 Å². The second-order valence-electron chi connectivity index (χ2n) is 18.2. The summed E-state index contributed by atoms with van der Waals surface area (Å²) in [5.41, 5.74) is 30.8. The number of nitrogens with two attached hydrogens (primary N) is 4. The van der Waals surface area contributed by atoms with E-state index in [1.54, 1.807) is 0 Å². The lowest BCUT2D eigenvalue weighted by Crippen LogP contribution is -2.28. The van der Waals surface area contributed by atoms with E-state index >= 15 is 0 Å². The quantitative estimate of drug-likeness (QED) is 0.0300. The van der Waals surface area contributed by atoms with E-state index in [1.807, 2.05) is 62.4 Å². The first kappa shape index (κ1) is 52.3. The number of imidazole rings is 2. The molecule has 0 spiro atoms. The molecule has 7 rings (SSSR count). The van der Waals surface area contributed by atoms with Crippen molar-refractivity contribution in [2.75, 3.05) is 18.0 Å². The summed E-state index contributed by atoms with van der Waals surface area (Å²) in [6, 6.07) is 24.3. The minimum Gasteiger partial charge on any atom is -0.382 e. The average Bonchev–Trinajstić information content (AvgIpc) is 3.91. The Balaban J connectivity index is 0.000000231. The van der Waals surface area contributed by atoms with Crippen molar-refractivity contribution in [2.24, 2.45) is 23.3 Å². The van der Waals surface area contributed by atoms with E-state index in [0.717, 1.165) is 125 Å². The number of unbranched alkanes of at least 4 members (excludes halogenated alkanes) is 3. The van der Waals surface area contributed by atoms with E-state index < -0.39 is 0 Å². The van der Waals surface area contributed by atoms with Crippen LogP contribution in [-0.4, -0.2) is 59.2 Å². The summed E-state index contributed by atoms with van der Waals surface area (Å²) >= 11 is 0. The molecule has 4 amide bonds. The van der Waals surface area contributed by atoms with Gasteiger partial charge in [0.1, 0.15) is 22.7 Å². The summed E-state index contributed by atoms with van der Waals surface area (Å²) in [6.07, 6.45) is 10.7. The Hall–Kier alpha value is -7.10. The Morgan fingerprint density at radius 1 is 0.571 bits per heavy atom. The molecule has 0 saturated heterocycles. The first-order chi connectivity index (χ1) is 33.9. The Morgan fingerprint density at radius 2 is 1.04 bits per heavy atom. The van der Waals surface area contributed by atoms with Gasteiger partial charge in [0, 0.05) is 74.5 Å². The van der Waals surface area contributed by atoms with Crippen molar-refractivity contribution in [3.8, 4) is 0 Å². The third kappa shape index (κ3) is 13.4. The number of hydrogen-bond donors (Lipinski definition) is 6. The molecule has 0 aliphatic heterocycles. The maximum atomic E-state index is 12.2. The highest BCUT2D eigenvalue weighted by Crippen LogP contribution is 2.31. The molecule has 10 N–H and O–H groups in total. The number of nitrogen functional groups attached to an aromatic ring is 2. The zero-order valence-corrected chi connectivity index (χ0v) is 41.4. The largest absolute Gasteiger partial charge is 0.382 e. The second kappa shape index (κ2) is 25.5. The van der Waals surface area contributed by atoms with E-state index in [1.165, 1.54) is 0 Å². The number of anilines is 2. The molecule has 4 heterocycles. The lowest BCUT2D eigenvalue weighted by Gasteiger charge is -2.12. The van der Waals surface area contributed by atoms with Gasteiger partial charge >= 0.3 is 0 Å². The number of aromatic nitrogens is 6. The van der Waals surface area contributed by atoms with Crippen molar-refractivity contribution in [1.82, 2.24) is 39.7 Å². The van der Waals surface area contributed by atoms with E-state index in [-0.39, 0.29) is 35.5 Å². The van der Waals surface area contributed by atoms with Gasteiger partial charge in [0.05, 0.1) is 22.1 Å². The number of primary amides is 2. The van der Waals surface area contributed by atoms with Gasteiger partial charge < -0.3 is 42.7 Å². The highest BCUT2D eigenvalue weighted by Gasteiger charge is 2.20. The number of nitrogens with zero attached hydrogens (tertiary/aromatic N) is 6. The van der Waals surface area contributed by atoms with E-state index in [9.17, 15) is 19.2 Å². The van der Waals surface area contributed by atoms with Gasteiger partial charge in [-0.2, -0.15) is 0 Å². The number of carbonyl (C=O) groups is 4. The van der Waals surface area contributed by atoms with Crippen LogP contribution in [0.15, 0.2) is 72.8 Å². The highest BCUT2D eigenvalue weighted by atomic mass is 16.2. The molecule has 4 aromatic heterocycles. The fourth-order valence-electron chi connectivity index (χ4n) is 8.92. The normalized spacial score (nSPS) is 12.2. The standard InChI is InChI=1S/C29H36N6O2.C25H36N6O2/c1-3-5-10-24-34-26-27(22-8-6-7-9-23(22)33-28(26)30)35(24)18-20-13-11-19(12-14-20)17-32-25(36)16-15-21(4-2)29(31)37;1-3-5-12-20-30-22-23(18-10-6-7-11-19(18)29-24(22)26)31(20)16-9-8-15-28-21(32)14-13-17(4-2)25(27)33/h6-9,11-14,21H,3-5,10,15-18H2,1-2H3,(H2,30,33)(H2,31,37)(H,32,36);6-7,10-11,17H,3-5,8-9,12-16H2,1-2H3,(H2,26,29)(H2,27,33)(H,28,32). The molecule has 7 aromatic rings. The number of amides is 4. The van der Waals surface area contributed by atoms with Crippen molar-refractivity contribution >= 4 is 79.1 Å². The highest BCUT2D eigenvalue weighted by molar-refractivity contribution is 6.07. The molecule has 0 saturated carbocycles. The molecule has 3 aromatic carbocycles. The van der Waals surface area contributed by atoms with Crippen molar-refractivity contribution in [3.05, 3.63) is 95.6 Å². The van der Waals surface area contributed by atoms with Crippen LogP contribution in [0.5, 0.6) is 0 Å². The van der Waals surface area contributed by atoms with Crippen LogP contribution in [0.25, 0.3) is 43.9 Å². The Kier molecular flexibility index (Phi) is 19.0. The molecule has 372 valence electrons. The number of benzene rings is 3. The first-order valence-corrected chi connectivity index (χ1v) is 25.1. The number of rotatable bonds is 25. The Morgan fingerprint density at radius 3 is 1.54 bits per heavy atom. The number of pyridine rings is 2. The minimum absolute atomic E-state index is 0.0312. The van der Waals surface area contributed by atoms with Gasteiger partial charge in [-0.15, -0.1) is 0 Å². The monoisotopic (exact) mass is 953 g/mol. The van der Waals surface area contributed by atoms with E-state index in [4.69, 9.17) is 32.9 Å². The number of para-hydroxylation sites is 2. The number of hydrogen-bond acceptors (Lipinski definition) is 10. The van der Waals surface area contributed by atoms with Crippen LogP contribution in [0.4, 0.5) is 11.6 Å². The second-order valence-corrected chi connectivity index (χ2v) is 18.2. The fraction of sp³-hybridized carbons (Fsp3) is 0.444.